The van der Waals surface area contributed by atoms with Gasteiger partial charge in [0, 0.05) is 10.9 Å². The molecule has 16 heavy (non-hydrogen) atoms. The third-order valence-corrected chi connectivity index (χ3v) is 3.72. The van der Waals surface area contributed by atoms with Gasteiger partial charge in [-0.1, -0.05) is 24.9 Å². The minimum absolute atomic E-state index is 0.0194. The first-order valence-corrected chi connectivity index (χ1v) is 6.90. The second-order valence-electron chi connectivity index (χ2n) is 4.16. The van der Waals surface area contributed by atoms with E-state index in [9.17, 15) is 0 Å². The molecule has 0 amide bonds. The molecule has 0 aliphatic carbocycles. The van der Waals surface area contributed by atoms with Crippen molar-refractivity contribution in [3.05, 3.63) is 21.3 Å². The van der Waals surface area contributed by atoms with Gasteiger partial charge in [0.2, 0.25) is 0 Å². The number of hydrogen-bond donors (Lipinski definition) is 1. The van der Waals surface area contributed by atoms with Crippen molar-refractivity contribution in [3.63, 3.8) is 0 Å². The third-order valence-electron chi connectivity index (χ3n) is 2.43. The predicted octanol–water partition coefficient (Wildman–Crippen LogP) is 4.00. The largest absolute Gasteiger partial charge is 0.368 e. The van der Waals surface area contributed by atoms with Crippen LogP contribution in [0, 0.1) is 0 Å². The van der Waals surface area contributed by atoms with Crippen LogP contribution in [0.25, 0.3) is 0 Å². The maximum absolute atomic E-state index is 5.98. The number of nitrogens with two attached hydrogens (primary N) is 1. The van der Waals surface area contributed by atoms with Crippen molar-refractivity contribution in [2.75, 3.05) is 0 Å². The van der Waals surface area contributed by atoms with Crippen molar-refractivity contribution in [2.45, 2.75) is 51.9 Å². The van der Waals surface area contributed by atoms with Crippen LogP contribution in [-0.2, 0) is 4.74 Å². The lowest BCUT2D eigenvalue weighted by molar-refractivity contribution is -0.0167. The molecule has 2 nitrogen and oxygen atoms in total. The molecule has 3 unspecified atom stereocenters. The van der Waals surface area contributed by atoms with Crippen molar-refractivity contribution >= 4 is 22.9 Å². The normalized spacial score (nSPS) is 17.1. The first-order chi connectivity index (χ1) is 7.54. The molecule has 4 heteroatoms. The zero-order chi connectivity index (χ0) is 12.1. The van der Waals surface area contributed by atoms with E-state index in [1.54, 1.807) is 11.3 Å². The molecule has 3 atom stereocenters. The van der Waals surface area contributed by atoms with Gasteiger partial charge >= 0.3 is 0 Å². The van der Waals surface area contributed by atoms with E-state index in [4.69, 9.17) is 22.1 Å². The van der Waals surface area contributed by atoms with Gasteiger partial charge in [0.15, 0.2) is 0 Å². The van der Waals surface area contributed by atoms with Crippen LogP contribution in [0.4, 0.5) is 0 Å². The van der Waals surface area contributed by atoms with Crippen LogP contribution in [-0.4, -0.2) is 12.1 Å². The molecule has 0 saturated carbocycles. The number of halogens is 1. The first kappa shape index (κ1) is 14.0. The monoisotopic (exact) mass is 261 g/mol. The number of ether oxygens (including phenoxy) is 1. The quantitative estimate of drug-likeness (QED) is 0.840. The fourth-order valence-corrected chi connectivity index (χ4v) is 2.87. The Labute approximate surface area is 107 Å². The summed E-state index contributed by atoms with van der Waals surface area (Å²) >= 11 is 7.47. The van der Waals surface area contributed by atoms with Crippen LogP contribution in [0.5, 0.6) is 0 Å². The molecule has 0 aromatic carbocycles. The molecule has 1 aromatic heterocycles. The summed E-state index contributed by atoms with van der Waals surface area (Å²) < 4.78 is 6.76. The molecule has 1 rings (SSSR count). The van der Waals surface area contributed by atoms with Gasteiger partial charge in [-0.2, -0.15) is 0 Å². The Kier molecular flexibility index (Phi) is 5.76. The van der Waals surface area contributed by atoms with Crippen molar-refractivity contribution in [1.29, 1.82) is 0 Å². The van der Waals surface area contributed by atoms with Gasteiger partial charge in [-0.3, -0.25) is 0 Å². The van der Waals surface area contributed by atoms with E-state index >= 15 is 0 Å². The summed E-state index contributed by atoms with van der Waals surface area (Å²) in [5.74, 6) is 0. The molecule has 0 saturated heterocycles. The molecule has 1 heterocycles. The zero-order valence-corrected chi connectivity index (χ0v) is 11.6. The summed E-state index contributed by atoms with van der Waals surface area (Å²) in [6, 6.07) is 3.87. The van der Waals surface area contributed by atoms with E-state index in [1.165, 1.54) is 0 Å². The van der Waals surface area contributed by atoms with E-state index < -0.39 is 0 Å². The van der Waals surface area contributed by atoms with Gasteiger partial charge in [0.05, 0.1) is 10.4 Å². The van der Waals surface area contributed by atoms with Crippen LogP contribution < -0.4 is 5.73 Å². The lowest BCUT2D eigenvalue weighted by Gasteiger charge is -2.24. The van der Waals surface area contributed by atoms with Crippen LogP contribution in [0.3, 0.4) is 0 Å². The Balaban J connectivity index is 2.68. The summed E-state index contributed by atoms with van der Waals surface area (Å²) in [4.78, 5) is 1.11. The molecule has 2 N–H and O–H groups in total. The lowest BCUT2D eigenvalue weighted by Crippen LogP contribution is -2.29. The fourth-order valence-electron chi connectivity index (χ4n) is 1.66. The summed E-state index contributed by atoms with van der Waals surface area (Å²) in [5.41, 5.74) is 5.96. The maximum Gasteiger partial charge on any atom is 0.107 e. The van der Waals surface area contributed by atoms with Gasteiger partial charge in [-0.05, 0) is 32.4 Å². The van der Waals surface area contributed by atoms with E-state index in [0.717, 1.165) is 22.1 Å². The molecule has 0 aliphatic heterocycles. The maximum atomic E-state index is 5.98. The highest BCUT2D eigenvalue weighted by molar-refractivity contribution is 7.16. The Morgan fingerprint density at radius 1 is 1.44 bits per heavy atom. The SMILES string of the molecule is CCCC(C)OC(c1ccc(Cl)s1)C(C)N. The molecule has 0 spiro atoms. The van der Waals surface area contributed by atoms with E-state index in [-0.39, 0.29) is 18.2 Å². The third kappa shape index (κ3) is 4.06. The Morgan fingerprint density at radius 3 is 2.56 bits per heavy atom. The standard InChI is InChI=1S/C12H20ClNOS/c1-4-5-8(2)15-12(9(3)14)10-6-7-11(13)16-10/h6-9,12H,4-5,14H2,1-3H3. The molecule has 0 bridgehead atoms. The van der Waals surface area contributed by atoms with E-state index in [2.05, 4.69) is 13.8 Å². The Bertz CT molecular complexity index is 314. The first-order valence-electron chi connectivity index (χ1n) is 5.70. The van der Waals surface area contributed by atoms with Gasteiger partial charge in [0.1, 0.15) is 6.10 Å². The van der Waals surface area contributed by atoms with Crippen LogP contribution in [0.1, 0.15) is 44.6 Å². The predicted molar refractivity (Wildman–Crippen MR) is 71.2 cm³/mol. The fraction of sp³-hybridized carbons (Fsp3) is 0.667. The minimum Gasteiger partial charge on any atom is -0.368 e. The molecule has 0 radical (unpaired) electrons. The average molecular weight is 262 g/mol. The van der Waals surface area contributed by atoms with Crippen molar-refractivity contribution in [3.8, 4) is 0 Å². The summed E-state index contributed by atoms with van der Waals surface area (Å²) in [5, 5.41) is 0. The highest BCUT2D eigenvalue weighted by Crippen LogP contribution is 2.31. The van der Waals surface area contributed by atoms with Gasteiger partial charge < -0.3 is 10.5 Å². The van der Waals surface area contributed by atoms with Crippen LogP contribution >= 0.6 is 22.9 Å². The lowest BCUT2D eigenvalue weighted by atomic mass is 10.1. The van der Waals surface area contributed by atoms with Crippen molar-refractivity contribution in [1.82, 2.24) is 0 Å². The number of rotatable bonds is 6. The second-order valence-corrected chi connectivity index (χ2v) is 5.90. The van der Waals surface area contributed by atoms with E-state index in [1.807, 2.05) is 19.1 Å². The topological polar surface area (TPSA) is 35.2 Å². The van der Waals surface area contributed by atoms with Gasteiger partial charge in [-0.25, -0.2) is 0 Å². The summed E-state index contributed by atoms with van der Waals surface area (Å²) in [6.45, 7) is 6.22. The van der Waals surface area contributed by atoms with Gasteiger partial charge in [-0.15, -0.1) is 11.3 Å². The number of hydrogen-bond acceptors (Lipinski definition) is 3. The molecular weight excluding hydrogens is 242 g/mol. The Morgan fingerprint density at radius 2 is 2.12 bits per heavy atom. The zero-order valence-electron chi connectivity index (χ0n) is 10.1. The van der Waals surface area contributed by atoms with E-state index in [0.29, 0.717) is 0 Å². The highest BCUT2D eigenvalue weighted by Gasteiger charge is 2.21. The van der Waals surface area contributed by atoms with Crippen LogP contribution in [0.2, 0.25) is 4.34 Å². The molecular formula is C12H20ClNOS. The van der Waals surface area contributed by atoms with Crippen LogP contribution in [0.15, 0.2) is 12.1 Å². The van der Waals surface area contributed by atoms with Gasteiger partial charge in [0.25, 0.3) is 0 Å². The molecule has 0 aliphatic rings. The minimum atomic E-state index is -0.0425. The second kappa shape index (κ2) is 6.60. The number of thiophene rings is 1. The average Bonchev–Trinajstić information content (AvgIpc) is 2.61. The van der Waals surface area contributed by atoms with Crippen molar-refractivity contribution < 1.29 is 4.74 Å². The summed E-state index contributed by atoms with van der Waals surface area (Å²) in [6.07, 6.45) is 2.38. The summed E-state index contributed by atoms with van der Waals surface area (Å²) in [7, 11) is 0. The Hall–Kier alpha value is -0.0900. The molecule has 0 fully saturated rings. The van der Waals surface area contributed by atoms with Crippen molar-refractivity contribution in [2.24, 2.45) is 5.73 Å². The molecule has 1 aromatic rings. The smallest absolute Gasteiger partial charge is 0.107 e. The highest BCUT2D eigenvalue weighted by atomic mass is 35.5. The molecule has 92 valence electrons.